The molecule has 1 saturated carbocycles. The van der Waals surface area contributed by atoms with E-state index >= 15 is 0 Å². The average Bonchev–Trinajstić information content (AvgIpc) is 2.41. The fourth-order valence-electron chi connectivity index (χ4n) is 2.74. The molecule has 0 amide bonds. The van der Waals surface area contributed by atoms with E-state index in [2.05, 4.69) is 17.6 Å². The second kappa shape index (κ2) is 6.93. The number of anilines is 1. The fraction of sp³-hybridized carbons (Fsp3) is 0.562. The Kier molecular flexibility index (Phi) is 5.24. The van der Waals surface area contributed by atoms with Gasteiger partial charge in [0.1, 0.15) is 5.75 Å². The molecule has 0 heterocycles. The summed E-state index contributed by atoms with van der Waals surface area (Å²) in [5.41, 5.74) is 1.05. The van der Waals surface area contributed by atoms with Gasteiger partial charge in [0.25, 0.3) is 0 Å². The Morgan fingerprint density at radius 1 is 1.25 bits per heavy atom. The number of thiocarbonyl (C=S) groups is 1. The largest absolute Gasteiger partial charge is 0.492 e. The zero-order chi connectivity index (χ0) is 14.4. The number of hydrogen-bond acceptors (Lipinski definition) is 2. The zero-order valence-electron chi connectivity index (χ0n) is 12.4. The molecule has 0 aromatic heterocycles. The number of benzene rings is 1. The van der Waals surface area contributed by atoms with Crippen molar-refractivity contribution in [2.75, 3.05) is 11.9 Å². The van der Waals surface area contributed by atoms with Crippen LogP contribution >= 0.6 is 12.2 Å². The van der Waals surface area contributed by atoms with Crippen LogP contribution in [0.1, 0.15) is 46.0 Å². The van der Waals surface area contributed by atoms with Crippen LogP contribution in [0.3, 0.4) is 0 Å². The maximum atomic E-state index is 5.60. The van der Waals surface area contributed by atoms with E-state index in [1.165, 1.54) is 32.1 Å². The second-order valence-electron chi connectivity index (χ2n) is 5.63. The third-order valence-corrected chi connectivity index (χ3v) is 4.01. The predicted molar refractivity (Wildman–Crippen MR) is 88.5 cm³/mol. The Hall–Kier alpha value is -1.29. The standard InChI is InChI=1S/C16H24N2OS/c1-3-19-14-10-6-5-9-13(14)17-15(20)18-16(2)11-7-4-8-12-16/h5-6,9-10H,3-4,7-8,11-12H2,1-2H3,(H2,17,18,20). The van der Waals surface area contributed by atoms with Crippen molar-refractivity contribution in [2.24, 2.45) is 0 Å². The van der Waals surface area contributed by atoms with Crippen LogP contribution in [0, 0.1) is 0 Å². The topological polar surface area (TPSA) is 33.3 Å². The summed E-state index contributed by atoms with van der Waals surface area (Å²) < 4.78 is 5.60. The van der Waals surface area contributed by atoms with E-state index in [0.29, 0.717) is 11.7 Å². The first-order valence-electron chi connectivity index (χ1n) is 7.44. The highest BCUT2D eigenvalue weighted by atomic mass is 32.1. The van der Waals surface area contributed by atoms with E-state index < -0.39 is 0 Å². The van der Waals surface area contributed by atoms with Crippen molar-refractivity contribution < 1.29 is 4.74 Å². The van der Waals surface area contributed by atoms with E-state index in [1.807, 2.05) is 31.2 Å². The van der Waals surface area contributed by atoms with Gasteiger partial charge >= 0.3 is 0 Å². The van der Waals surface area contributed by atoms with Crippen LogP contribution in [-0.4, -0.2) is 17.3 Å². The van der Waals surface area contributed by atoms with Gasteiger partial charge in [-0.05, 0) is 51.0 Å². The molecule has 1 aromatic rings. The number of para-hydroxylation sites is 2. The Bertz CT molecular complexity index is 456. The summed E-state index contributed by atoms with van der Waals surface area (Å²) >= 11 is 5.45. The lowest BCUT2D eigenvalue weighted by Gasteiger charge is -2.35. The van der Waals surface area contributed by atoms with Crippen LogP contribution in [-0.2, 0) is 0 Å². The fourth-order valence-corrected chi connectivity index (χ4v) is 3.09. The van der Waals surface area contributed by atoms with E-state index in [-0.39, 0.29) is 5.54 Å². The van der Waals surface area contributed by atoms with Crippen LogP contribution < -0.4 is 15.4 Å². The van der Waals surface area contributed by atoms with E-state index in [4.69, 9.17) is 17.0 Å². The Labute approximate surface area is 127 Å². The van der Waals surface area contributed by atoms with Crippen molar-refractivity contribution in [1.82, 2.24) is 5.32 Å². The summed E-state index contributed by atoms with van der Waals surface area (Å²) in [6.07, 6.45) is 6.26. The smallest absolute Gasteiger partial charge is 0.171 e. The molecule has 1 aliphatic rings. The Balaban J connectivity index is 1.97. The number of ether oxygens (including phenoxy) is 1. The van der Waals surface area contributed by atoms with Gasteiger partial charge in [-0.25, -0.2) is 0 Å². The predicted octanol–water partition coefficient (Wildman–Crippen LogP) is 4.09. The van der Waals surface area contributed by atoms with Gasteiger partial charge in [0.15, 0.2) is 5.11 Å². The van der Waals surface area contributed by atoms with E-state index in [1.54, 1.807) is 0 Å². The minimum Gasteiger partial charge on any atom is -0.492 e. The summed E-state index contributed by atoms with van der Waals surface area (Å²) in [6, 6.07) is 7.89. The molecular weight excluding hydrogens is 268 g/mol. The molecule has 2 rings (SSSR count). The van der Waals surface area contributed by atoms with Gasteiger partial charge in [0.2, 0.25) is 0 Å². The SMILES string of the molecule is CCOc1ccccc1NC(=S)NC1(C)CCCCC1. The van der Waals surface area contributed by atoms with Gasteiger partial charge in [0.05, 0.1) is 12.3 Å². The lowest BCUT2D eigenvalue weighted by Crippen LogP contribution is -2.48. The average molecular weight is 292 g/mol. The first-order chi connectivity index (χ1) is 9.63. The quantitative estimate of drug-likeness (QED) is 0.819. The molecule has 4 heteroatoms. The molecule has 0 radical (unpaired) electrons. The molecule has 0 unspecified atom stereocenters. The second-order valence-corrected chi connectivity index (χ2v) is 6.04. The summed E-state index contributed by atoms with van der Waals surface area (Å²) in [4.78, 5) is 0. The third-order valence-electron chi connectivity index (χ3n) is 3.81. The van der Waals surface area contributed by atoms with Gasteiger partial charge in [-0.15, -0.1) is 0 Å². The van der Waals surface area contributed by atoms with Crippen molar-refractivity contribution in [3.05, 3.63) is 24.3 Å². The molecular formula is C16H24N2OS. The number of hydrogen-bond donors (Lipinski definition) is 2. The van der Waals surface area contributed by atoms with Gasteiger partial charge < -0.3 is 15.4 Å². The minimum atomic E-state index is 0.128. The maximum Gasteiger partial charge on any atom is 0.171 e. The third kappa shape index (κ3) is 4.10. The molecule has 0 aliphatic heterocycles. The van der Waals surface area contributed by atoms with Crippen LogP contribution in [0.4, 0.5) is 5.69 Å². The van der Waals surface area contributed by atoms with Crippen molar-refractivity contribution in [3.8, 4) is 5.75 Å². The molecule has 1 aliphatic carbocycles. The molecule has 0 saturated heterocycles. The highest BCUT2D eigenvalue weighted by Gasteiger charge is 2.27. The molecule has 1 fully saturated rings. The van der Waals surface area contributed by atoms with Gasteiger partial charge in [-0.1, -0.05) is 31.4 Å². The van der Waals surface area contributed by atoms with Gasteiger partial charge in [-0.2, -0.15) is 0 Å². The number of nitrogens with one attached hydrogen (secondary N) is 2. The molecule has 2 N–H and O–H groups in total. The van der Waals surface area contributed by atoms with Gasteiger partial charge in [0, 0.05) is 5.54 Å². The van der Waals surface area contributed by atoms with Crippen molar-refractivity contribution in [1.29, 1.82) is 0 Å². The molecule has 110 valence electrons. The lowest BCUT2D eigenvalue weighted by molar-refractivity contribution is 0.292. The van der Waals surface area contributed by atoms with Crippen LogP contribution in [0.25, 0.3) is 0 Å². The molecule has 0 atom stereocenters. The summed E-state index contributed by atoms with van der Waals surface area (Å²) in [5.74, 6) is 0.841. The van der Waals surface area contributed by atoms with Crippen LogP contribution in [0.15, 0.2) is 24.3 Å². The van der Waals surface area contributed by atoms with Crippen LogP contribution in [0.2, 0.25) is 0 Å². The molecule has 3 nitrogen and oxygen atoms in total. The normalized spacial score (nSPS) is 17.3. The Morgan fingerprint density at radius 3 is 2.65 bits per heavy atom. The molecule has 0 bridgehead atoms. The van der Waals surface area contributed by atoms with Crippen molar-refractivity contribution in [3.63, 3.8) is 0 Å². The lowest BCUT2D eigenvalue weighted by atomic mass is 9.83. The summed E-state index contributed by atoms with van der Waals surface area (Å²) in [7, 11) is 0. The summed E-state index contributed by atoms with van der Waals surface area (Å²) in [6.45, 7) is 4.89. The van der Waals surface area contributed by atoms with Crippen molar-refractivity contribution >= 4 is 23.0 Å². The molecule has 1 aromatic carbocycles. The minimum absolute atomic E-state index is 0.128. The van der Waals surface area contributed by atoms with E-state index in [0.717, 1.165) is 11.4 Å². The van der Waals surface area contributed by atoms with E-state index in [9.17, 15) is 0 Å². The first-order valence-corrected chi connectivity index (χ1v) is 7.85. The van der Waals surface area contributed by atoms with Gasteiger partial charge in [-0.3, -0.25) is 0 Å². The molecule has 20 heavy (non-hydrogen) atoms. The monoisotopic (exact) mass is 292 g/mol. The highest BCUT2D eigenvalue weighted by molar-refractivity contribution is 7.80. The molecule has 0 spiro atoms. The van der Waals surface area contributed by atoms with Crippen LogP contribution in [0.5, 0.6) is 5.75 Å². The number of rotatable bonds is 4. The Morgan fingerprint density at radius 2 is 1.95 bits per heavy atom. The zero-order valence-corrected chi connectivity index (χ0v) is 13.2. The highest BCUT2D eigenvalue weighted by Crippen LogP contribution is 2.28. The summed E-state index contributed by atoms with van der Waals surface area (Å²) in [5, 5.41) is 7.42. The van der Waals surface area contributed by atoms with Crippen molar-refractivity contribution in [2.45, 2.75) is 51.5 Å². The first kappa shape index (κ1) is 15.1. The maximum absolute atomic E-state index is 5.60.